The number of pyridine rings is 1. The normalized spacial score (nSPS) is 17.3. The fraction of sp³-hybridized carbons (Fsp3) is 0.400. The molecule has 2 aliphatic rings. The van der Waals surface area contributed by atoms with Crippen molar-refractivity contribution in [3.05, 3.63) is 77.0 Å². The predicted octanol–water partition coefficient (Wildman–Crippen LogP) is 3.19. The monoisotopic (exact) mass is 608 g/mol. The number of anilines is 2. The predicted molar refractivity (Wildman–Crippen MR) is 162 cm³/mol. The van der Waals surface area contributed by atoms with E-state index in [-0.39, 0.29) is 23.0 Å². The average molecular weight is 609 g/mol. The summed E-state index contributed by atoms with van der Waals surface area (Å²) >= 11 is 0. The standard InChI is InChI=1S/C30H36N6O4S2/c1-22-19-23(2)30(33-26(22)20-24-11-13-34(14-12-24)27-8-4-3-7-25(27)21-31)42(39,40)36-17-15-35(16-18-36)28-9-5-6-10-29(28)41(32,37)38/h3-10,19,24H,11-18,20H2,1-2H3,(H2,32,37,38). The van der Waals surface area contributed by atoms with Crippen LogP contribution in [0.15, 0.2) is 64.5 Å². The van der Waals surface area contributed by atoms with Crippen LogP contribution in [-0.2, 0) is 26.5 Å². The number of piperazine rings is 1. The van der Waals surface area contributed by atoms with E-state index in [1.165, 1.54) is 10.4 Å². The lowest BCUT2D eigenvalue weighted by Crippen LogP contribution is -2.49. The highest BCUT2D eigenvalue weighted by molar-refractivity contribution is 7.89. The van der Waals surface area contributed by atoms with Crippen LogP contribution < -0.4 is 14.9 Å². The van der Waals surface area contributed by atoms with Crippen molar-refractivity contribution >= 4 is 31.4 Å². The molecule has 2 aromatic carbocycles. The Morgan fingerprint density at radius 3 is 2.10 bits per heavy atom. The largest absolute Gasteiger partial charge is 0.370 e. The van der Waals surface area contributed by atoms with Crippen LogP contribution in [0.1, 0.15) is 35.2 Å². The number of primary sulfonamides is 1. The van der Waals surface area contributed by atoms with Gasteiger partial charge in [0.2, 0.25) is 10.0 Å². The van der Waals surface area contributed by atoms with Crippen LogP contribution in [0.5, 0.6) is 0 Å². The Bertz CT molecular complexity index is 1720. The first kappa shape index (κ1) is 30.0. The van der Waals surface area contributed by atoms with Gasteiger partial charge in [0.15, 0.2) is 5.03 Å². The number of piperidine rings is 1. The Labute approximate surface area is 248 Å². The summed E-state index contributed by atoms with van der Waals surface area (Å²) in [5, 5.41) is 15.0. The summed E-state index contributed by atoms with van der Waals surface area (Å²) in [4.78, 5) is 8.88. The van der Waals surface area contributed by atoms with Gasteiger partial charge < -0.3 is 9.80 Å². The Kier molecular flexibility index (Phi) is 8.57. The molecule has 0 radical (unpaired) electrons. The van der Waals surface area contributed by atoms with E-state index in [2.05, 4.69) is 11.0 Å². The number of aromatic nitrogens is 1. The number of hydrogen-bond donors (Lipinski definition) is 1. The van der Waals surface area contributed by atoms with Crippen molar-refractivity contribution < 1.29 is 16.8 Å². The summed E-state index contributed by atoms with van der Waals surface area (Å²) in [6, 6.07) is 18.3. The average Bonchev–Trinajstić information content (AvgIpc) is 2.98. The number of rotatable bonds is 7. The van der Waals surface area contributed by atoms with Crippen LogP contribution in [0.2, 0.25) is 0 Å². The van der Waals surface area contributed by atoms with E-state index in [1.807, 2.05) is 42.2 Å². The molecule has 2 aliphatic heterocycles. The Morgan fingerprint density at radius 2 is 1.45 bits per heavy atom. The molecule has 1 aromatic heterocycles. The molecule has 42 heavy (non-hydrogen) atoms. The second kappa shape index (κ2) is 12.0. The molecule has 12 heteroatoms. The summed E-state index contributed by atoms with van der Waals surface area (Å²) in [5.74, 6) is 0.363. The molecule has 0 bridgehead atoms. The van der Waals surface area contributed by atoms with E-state index < -0.39 is 20.0 Å². The van der Waals surface area contributed by atoms with Gasteiger partial charge >= 0.3 is 0 Å². The number of para-hydroxylation sites is 2. The van der Waals surface area contributed by atoms with Crippen molar-refractivity contribution in [2.45, 2.75) is 43.0 Å². The zero-order valence-electron chi connectivity index (χ0n) is 23.9. The van der Waals surface area contributed by atoms with Gasteiger partial charge in [-0.1, -0.05) is 30.3 Å². The van der Waals surface area contributed by atoms with Gasteiger partial charge in [0.1, 0.15) is 11.0 Å². The molecule has 0 unspecified atom stereocenters. The maximum atomic E-state index is 13.8. The van der Waals surface area contributed by atoms with Crippen LogP contribution in [0.3, 0.4) is 0 Å². The number of sulfonamides is 2. The number of nitrogens with two attached hydrogens (primary N) is 1. The maximum absolute atomic E-state index is 13.8. The molecule has 3 heterocycles. The third kappa shape index (κ3) is 6.15. The molecule has 10 nitrogen and oxygen atoms in total. The van der Waals surface area contributed by atoms with E-state index in [9.17, 15) is 22.1 Å². The minimum atomic E-state index is -3.91. The highest BCUT2D eigenvalue weighted by Crippen LogP contribution is 2.30. The van der Waals surface area contributed by atoms with Gasteiger partial charge in [-0.05, 0) is 74.4 Å². The third-order valence-corrected chi connectivity index (χ3v) is 11.2. The first-order chi connectivity index (χ1) is 20.0. The zero-order chi connectivity index (χ0) is 30.1. The van der Waals surface area contributed by atoms with Crippen LogP contribution in [0, 0.1) is 31.1 Å². The van der Waals surface area contributed by atoms with Gasteiger partial charge in [-0.3, -0.25) is 0 Å². The molecule has 3 aromatic rings. The maximum Gasteiger partial charge on any atom is 0.260 e. The summed E-state index contributed by atoms with van der Waals surface area (Å²) in [5.41, 5.74) is 4.51. The highest BCUT2D eigenvalue weighted by atomic mass is 32.2. The van der Waals surface area contributed by atoms with Crippen LogP contribution in [0.25, 0.3) is 0 Å². The minimum Gasteiger partial charge on any atom is -0.370 e. The van der Waals surface area contributed by atoms with E-state index in [1.54, 1.807) is 25.1 Å². The highest BCUT2D eigenvalue weighted by Gasteiger charge is 2.33. The molecular formula is C30H36N6O4S2. The van der Waals surface area contributed by atoms with Crippen molar-refractivity contribution in [3.8, 4) is 6.07 Å². The molecule has 0 saturated carbocycles. The van der Waals surface area contributed by atoms with Gasteiger partial charge in [-0.2, -0.15) is 9.57 Å². The molecule has 222 valence electrons. The number of nitriles is 1. The molecule has 0 spiro atoms. The summed E-state index contributed by atoms with van der Waals surface area (Å²) in [6.07, 6.45) is 2.55. The van der Waals surface area contributed by atoms with E-state index >= 15 is 0 Å². The first-order valence-corrected chi connectivity index (χ1v) is 17.1. The quantitative estimate of drug-likeness (QED) is 0.431. The number of aryl methyl sites for hydroxylation is 2. The van der Waals surface area contributed by atoms with Crippen molar-refractivity contribution in [2.75, 3.05) is 49.1 Å². The molecule has 2 fully saturated rings. The Hall–Kier alpha value is -3.50. The van der Waals surface area contributed by atoms with Gasteiger partial charge in [0.25, 0.3) is 10.0 Å². The second-order valence-corrected chi connectivity index (χ2v) is 14.4. The summed E-state index contributed by atoms with van der Waals surface area (Å²) in [7, 11) is -7.77. The van der Waals surface area contributed by atoms with E-state index in [0.29, 0.717) is 42.2 Å². The molecule has 0 atom stereocenters. The lowest BCUT2D eigenvalue weighted by Gasteiger charge is -2.36. The SMILES string of the molecule is Cc1cc(C)c(S(=O)(=O)N2CCN(c3ccccc3S(N)(=O)=O)CC2)nc1CC1CCN(c2ccccc2C#N)CC1. The van der Waals surface area contributed by atoms with Gasteiger partial charge in [-0.15, -0.1) is 0 Å². The Balaban J connectivity index is 1.28. The fourth-order valence-corrected chi connectivity index (χ4v) is 8.32. The molecule has 2 saturated heterocycles. The van der Waals surface area contributed by atoms with Crippen LogP contribution >= 0.6 is 0 Å². The molecule has 5 rings (SSSR count). The summed E-state index contributed by atoms with van der Waals surface area (Å²) < 4.78 is 53.2. The van der Waals surface area contributed by atoms with E-state index in [4.69, 9.17) is 10.1 Å². The number of benzene rings is 2. The molecular weight excluding hydrogens is 573 g/mol. The van der Waals surface area contributed by atoms with Crippen molar-refractivity contribution in [2.24, 2.45) is 11.1 Å². The first-order valence-electron chi connectivity index (χ1n) is 14.1. The van der Waals surface area contributed by atoms with Gasteiger partial charge in [0, 0.05) is 45.0 Å². The summed E-state index contributed by atoms with van der Waals surface area (Å²) in [6.45, 7) is 6.49. The van der Waals surface area contributed by atoms with Gasteiger partial charge in [0.05, 0.1) is 16.9 Å². The van der Waals surface area contributed by atoms with Gasteiger partial charge in [-0.25, -0.2) is 27.0 Å². The van der Waals surface area contributed by atoms with Crippen molar-refractivity contribution in [1.82, 2.24) is 9.29 Å². The topological polar surface area (TPSA) is 141 Å². The fourth-order valence-electron chi connectivity index (χ4n) is 5.98. The van der Waals surface area contributed by atoms with Crippen LogP contribution in [-0.4, -0.2) is 65.4 Å². The van der Waals surface area contributed by atoms with Crippen LogP contribution in [0.4, 0.5) is 11.4 Å². The molecule has 2 N–H and O–H groups in total. The minimum absolute atomic E-state index is 0.0297. The third-order valence-electron chi connectivity index (χ3n) is 8.26. The van der Waals surface area contributed by atoms with Crippen molar-refractivity contribution in [1.29, 1.82) is 5.26 Å². The Morgan fingerprint density at radius 1 is 0.857 bits per heavy atom. The molecule has 0 aliphatic carbocycles. The lowest BCUT2D eigenvalue weighted by molar-refractivity contribution is 0.380. The number of nitrogens with zero attached hydrogens (tertiary/aromatic N) is 5. The van der Waals surface area contributed by atoms with E-state index in [0.717, 1.165) is 42.9 Å². The lowest BCUT2D eigenvalue weighted by atomic mass is 9.90. The smallest absolute Gasteiger partial charge is 0.260 e. The molecule has 0 amide bonds. The zero-order valence-corrected chi connectivity index (χ0v) is 25.5. The van der Waals surface area contributed by atoms with Crippen molar-refractivity contribution in [3.63, 3.8) is 0 Å². The second-order valence-electron chi connectivity index (χ2n) is 11.0. The number of hydrogen-bond acceptors (Lipinski definition) is 8.